The summed E-state index contributed by atoms with van der Waals surface area (Å²) < 4.78 is 23.8. The van der Waals surface area contributed by atoms with Gasteiger partial charge in [-0.3, -0.25) is 14.5 Å². The number of Topliss-reactive ketones (excluding diaryl/α,β-unsaturated/α-hetero) is 1. The summed E-state index contributed by atoms with van der Waals surface area (Å²) in [6.45, 7) is 5.85. The van der Waals surface area contributed by atoms with Crippen molar-refractivity contribution in [3.8, 4) is 22.9 Å². The highest BCUT2D eigenvalue weighted by molar-refractivity contribution is 6.46. The number of ketones is 1. The monoisotopic (exact) mass is 576 g/mol. The Balaban J connectivity index is 1.59. The van der Waals surface area contributed by atoms with E-state index in [2.05, 4.69) is 10.00 Å². The Morgan fingerprint density at radius 1 is 1.00 bits per heavy atom. The zero-order chi connectivity index (χ0) is 29.8. The molecule has 0 spiro atoms. The standard InChI is InChI=1S/C31H36N4O7/c1-20-23(19-32-35(20)22-9-6-5-7-10-22)28(36)26-27(21-17-24(39-2)30(41-4)25(18-21)40-3)34(31(38)29(26)37)12-8-11-33-13-15-42-16-14-33/h5-7,9-10,17-19,27,36H,8,11-16H2,1-4H3/b28-26+. The molecule has 2 aliphatic heterocycles. The van der Waals surface area contributed by atoms with Gasteiger partial charge >= 0.3 is 0 Å². The van der Waals surface area contributed by atoms with Crippen LogP contribution in [0.25, 0.3) is 11.4 Å². The molecule has 2 aliphatic rings. The SMILES string of the molecule is COc1cc(C2/C(=C(\O)c3cnn(-c4ccccc4)c3C)C(=O)C(=O)N2CCCN2CCOCC2)cc(OC)c1OC. The average Bonchev–Trinajstić information content (AvgIpc) is 3.53. The van der Waals surface area contributed by atoms with Crippen LogP contribution in [-0.4, -0.2) is 97.1 Å². The number of rotatable bonds is 10. The third kappa shape index (κ3) is 5.45. The Labute approximate surface area is 244 Å². The van der Waals surface area contributed by atoms with Gasteiger partial charge in [-0.25, -0.2) is 4.68 Å². The van der Waals surface area contributed by atoms with E-state index < -0.39 is 17.7 Å². The molecule has 11 heteroatoms. The summed E-state index contributed by atoms with van der Waals surface area (Å²) in [5.74, 6) is -0.594. The first-order chi connectivity index (χ1) is 20.4. The molecule has 42 heavy (non-hydrogen) atoms. The van der Waals surface area contributed by atoms with Gasteiger partial charge in [-0.2, -0.15) is 5.10 Å². The predicted molar refractivity (Wildman–Crippen MR) is 155 cm³/mol. The quantitative estimate of drug-likeness (QED) is 0.220. The number of benzene rings is 2. The number of para-hydroxylation sites is 1. The molecular weight excluding hydrogens is 540 g/mol. The van der Waals surface area contributed by atoms with Gasteiger partial charge in [-0.05, 0) is 43.2 Å². The highest BCUT2D eigenvalue weighted by Gasteiger charge is 2.46. The normalized spacial score (nSPS) is 18.9. The molecule has 0 radical (unpaired) electrons. The largest absolute Gasteiger partial charge is 0.507 e. The molecule has 1 unspecified atom stereocenters. The van der Waals surface area contributed by atoms with Gasteiger partial charge in [0.2, 0.25) is 5.75 Å². The number of likely N-dealkylation sites (tertiary alicyclic amines) is 1. The van der Waals surface area contributed by atoms with Gasteiger partial charge in [0.1, 0.15) is 5.76 Å². The molecule has 1 amide bonds. The first-order valence-corrected chi connectivity index (χ1v) is 13.9. The van der Waals surface area contributed by atoms with Crippen LogP contribution in [0.3, 0.4) is 0 Å². The van der Waals surface area contributed by atoms with Crippen LogP contribution in [0.1, 0.15) is 29.3 Å². The topological polar surface area (TPSA) is 116 Å². The van der Waals surface area contributed by atoms with E-state index in [1.165, 1.54) is 32.4 Å². The van der Waals surface area contributed by atoms with E-state index in [4.69, 9.17) is 18.9 Å². The highest BCUT2D eigenvalue weighted by Crippen LogP contribution is 2.46. The molecule has 1 atom stereocenters. The number of carbonyl (C=O) groups excluding carboxylic acids is 2. The minimum absolute atomic E-state index is 0.0173. The van der Waals surface area contributed by atoms with Gasteiger partial charge < -0.3 is 29.0 Å². The van der Waals surface area contributed by atoms with Gasteiger partial charge in [-0.1, -0.05) is 18.2 Å². The summed E-state index contributed by atoms with van der Waals surface area (Å²) >= 11 is 0. The molecule has 3 heterocycles. The Morgan fingerprint density at radius 2 is 1.67 bits per heavy atom. The van der Waals surface area contributed by atoms with Crippen molar-refractivity contribution in [1.29, 1.82) is 0 Å². The Hall–Kier alpha value is -4.35. The Morgan fingerprint density at radius 3 is 2.29 bits per heavy atom. The van der Waals surface area contributed by atoms with Crippen LogP contribution >= 0.6 is 0 Å². The maximum atomic E-state index is 13.6. The Kier molecular flexibility index (Phi) is 8.79. The van der Waals surface area contributed by atoms with Crippen LogP contribution in [0.4, 0.5) is 0 Å². The van der Waals surface area contributed by atoms with Crippen molar-refractivity contribution < 1.29 is 33.6 Å². The van der Waals surface area contributed by atoms with Crippen LogP contribution in [0.2, 0.25) is 0 Å². The molecule has 11 nitrogen and oxygen atoms in total. The van der Waals surface area contributed by atoms with Crippen molar-refractivity contribution in [3.05, 3.63) is 71.1 Å². The van der Waals surface area contributed by atoms with E-state index in [0.29, 0.717) is 60.2 Å². The first kappa shape index (κ1) is 29.2. The molecule has 0 aliphatic carbocycles. The van der Waals surface area contributed by atoms with E-state index >= 15 is 0 Å². The predicted octanol–water partition coefficient (Wildman–Crippen LogP) is 3.35. The molecule has 3 aromatic rings. The zero-order valence-corrected chi connectivity index (χ0v) is 24.3. The summed E-state index contributed by atoms with van der Waals surface area (Å²) in [4.78, 5) is 31.0. The number of hydrogen-bond acceptors (Lipinski definition) is 9. The number of aliphatic hydroxyl groups excluding tert-OH is 1. The van der Waals surface area contributed by atoms with Crippen molar-refractivity contribution in [2.75, 3.05) is 60.7 Å². The lowest BCUT2D eigenvalue weighted by Crippen LogP contribution is -2.39. The van der Waals surface area contributed by atoms with Crippen molar-refractivity contribution >= 4 is 17.4 Å². The van der Waals surface area contributed by atoms with Crippen LogP contribution in [0.15, 0.2) is 54.2 Å². The lowest BCUT2D eigenvalue weighted by atomic mass is 9.94. The number of aliphatic hydroxyl groups is 1. The molecule has 5 rings (SSSR count). The summed E-state index contributed by atoms with van der Waals surface area (Å²) in [6, 6.07) is 12.0. The van der Waals surface area contributed by atoms with Gasteiger partial charge in [-0.15, -0.1) is 0 Å². The molecule has 2 saturated heterocycles. The van der Waals surface area contributed by atoms with Crippen molar-refractivity contribution in [2.24, 2.45) is 0 Å². The smallest absolute Gasteiger partial charge is 0.295 e. The number of nitrogens with zero attached hydrogens (tertiary/aromatic N) is 4. The lowest BCUT2D eigenvalue weighted by Gasteiger charge is -2.29. The molecule has 0 saturated carbocycles. The fourth-order valence-electron chi connectivity index (χ4n) is 5.62. The fraction of sp³-hybridized carbons (Fsp3) is 0.387. The van der Waals surface area contributed by atoms with Gasteiger partial charge in [0.05, 0.1) is 69.3 Å². The van der Waals surface area contributed by atoms with Gasteiger partial charge in [0.15, 0.2) is 11.5 Å². The number of morpholine rings is 1. The van der Waals surface area contributed by atoms with Crippen LogP contribution in [0, 0.1) is 6.92 Å². The van der Waals surface area contributed by atoms with Crippen LogP contribution in [-0.2, 0) is 14.3 Å². The van der Waals surface area contributed by atoms with Gasteiger partial charge in [0, 0.05) is 26.2 Å². The molecule has 2 aromatic carbocycles. The number of carbonyl (C=O) groups is 2. The third-order valence-corrected chi connectivity index (χ3v) is 7.79. The maximum absolute atomic E-state index is 13.6. The second-order valence-corrected chi connectivity index (χ2v) is 10.1. The van der Waals surface area contributed by atoms with E-state index in [0.717, 1.165) is 25.3 Å². The van der Waals surface area contributed by atoms with Crippen molar-refractivity contribution in [1.82, 2.24) is 19.6 Å². The summed E-state index contributed by atoms with van der Waals surface area (Å²) in [5, 5.41) is 16.2. The number of hydrogen-bond donors (Lipinski definition) is 1. The van der Waals surface area contributed by atoms with Crippen molar-refractivity contribution in [2.45, 2.75) is 19.4 Å². The molecule has 1 aromatic heterocycles. The Bertz CT molecular complexity index is 1450. The molecule has 222 valence electrons. The van der Waals surface area contributed by atoms with Crippen LogP contribution < -0.4 is 14.2 Å². The highest BCUT2D eigenvalue weighted by atomic mass is 16.5. The average molecular weight is 577 g/mol. The molecule has 0 bridgehead atoms. The number of methoxy groups -OCH3 is 3. The van der Waals surface area contributed by atoms with E-state index in [9.17, 15) is 14.7 Å². The number of amides is 1. The van der Waals surface area contributed by atoms with Gasteiger partial charge in [0.25, 0.3) is 11.7 Å². The number of aromatic nitrogens is 2. The maximum Gasteiger partial charge on any atom is 0.295 e. The molecule has 2 fully saturated rings. The van der Waals surface area contributed by atoms with E-state index in [1.54, 1.807) is 16.8 Å². The third-order valence-electron chi connectivity index (χ3n) is 7.79. The minimum Gasteiger partial charge on any atom is -0.507 e. The number of ether oxygens (including phenoxy) is 4. The lowest BCUT2D eigenvalue weighted by molar-refractivity contribution is -0.140. The van der Waals surface area contributed by atoms with E-state index in [-0.39, 0.29) is 11.3 Å². The van der Waals surface area contributed by atoms with Crippen molar-refractivity contribution in [3.63, 3.8) is 0 Å². The summed E-state index contributed by atoms with van der Waals surface area (Å²) in [5.41, 5.74) is 2.32. The first-order valence-electron chi connectivity index (χ1n) is 13.9. The van der Waals surface area contributed by atoms with E-state index in [1.807, 2.05) is 37.3 Å². The zero-order valence-electron chi connectivity index (χ0n) is 24.3. The summed E-state index contributed by atoms with van der Waals surface area (Å²) in [7, 11) is 4.51. The summed E-state index contributed by atoms with van der Waals surface area (Å²) in [6.07, 6.45) is 2.15. The minimum atomic E-state index is -0.886. The van der Waals surface area contributed by atoms with Crippen LogP contribution in [0.5, 0.6) is 17.2 Å². The second kappa shape index (κ2) is 12.7. The molecule has 1 N–H and O–H groups in total. The molecular formula is C31H36N4O7. The fourth-order valence-corrected chi connectivity index (χ4v) is 5.62. The second-order valence-electron chi connectivity index (χ2n) is 10.1.